The van der Waals surface area contributed by atoms with E-state index in [0.717, 1.165) is 6.42 Å². The smallest absolute Gasteiger partial charge is 0.273 e. The summed E-state index contributed by atoms with van der Waals surface area (Å²) in [6.45, 7) is 1.18. The topological polar surface area (TPSA) is 42.4 Å². The average molecular weight is 292 g/mol. The van der Waals surface area contributed by atoms with Crippen molar-refractivity contribution in [3.63, 3.8) is 0 Å². The summed E-state index contributed by atoms with van der Waals surface area (Å²) in [6.07, 6.45) is 2.45. The number of benzene rings is 1. The maximum absolute atomic E-state index is 12.9. The van der Waals surface area contributed by atoms with Crippen molar-refractivity contribution in [2.24, 2.45) is 0 Å². The molecule has 6 heteroatoms. The van der Waals surface area contributed by atoms with Gasteiger partial charge in [0.15, 0.2) is 0 Å². The molecule has 0 bridgehead atoms. The number of aromatic nitrogens is 1. The van der Waals surface area contributed by atoms with Gasteiger partial charge < -0.3 is 9.64 Å². The minimum atomic E-state index is -0.340. The zero-order valence-corrected chi connectivity index (χ0v) is 11.5. The predicted molar refractivity (Wildman–Crippen MR) is 73.5 cm³/mol. The molecule has 1 aliphatic heterocycles. The van der Waals surface area contributed by atoms with Crippen LogP contribution in [0.25, 0.3) is 0 Å². The Morgan fingerprint density at radius 3 is 2.90 bits per heavy atom. The zero-order valence-electron chi connectivity index (χ0n) is 10.7. The van der Waals surface area contributed by atoms with Gasteiger partial charge in [0.05, 0.1) is 6.54 Å². The highest BCUT2D eigenvalue weighted by atomic mass is 32.1. The van der Waals surface area contributed by atoms with Crippen molar-refractivity contribution in [3.05, 3.63) is 47.2 Å². The Labute approximate surface area is 119 Å². The van der Waals surface area contributed by atoms with Gasteiger partial charge in [0.1, 0.15) is 11.9 Å². The highest BCUT2D eigenvalue weighted by Gasteiger charge is 2.28. The summed E-state index contributed by atoms with van der Waals surface area (Å²) < 4.78 is 18.6. The molecule has 104 valence electrons. The fourth-order valence-corrected chi connectivity index (χ4v) is 2.75. The second-order valence-electron chi connectivity index (χ2n) is 4.58. The Hall–Kier alpha value is -1.95. The lowest BCUT2D eigenvalue weighted by molar-refractivity contribution is 0.0772. The van der Waals surface area contributed by atoms with Gasteiger partial charge in [0.2, 0.25) is 0 Å². The van der Waals surface area contributed by atoms with E-state index in [2.05, 4.69) is 4.98 Å². The van der Waals surface area contributed by atoms with Crippen molar-refractivity contribution in [3.8, 4) is 5.19 Å². The van der Waals surface area contributed by atoms with Crippen molar-refractivity contribution in [1.82, 2.24) is 9.88 Å². The van der Waals surface area contributed by atoms with Crippen LogP contribution < -0.4 is 4.74 Å². The number of ether oxygens (including phenoxy) is 1. The van der Waals surface area contributed by atoms with Crippen LogP contribution in [0.3, 0.4) is 0 Å². The summed E-state index contributed by atoms with van der Waals surface area (Å²) in [5.41, 5.74) is 0.501. The number of likely N-dealkylation sites (tertiary alicyclic amines) is 1. The first-order chi connectivity index (χ1) is 9.72. The minimum Gasteiger partial charge on any atom is -0.465 e. The molecule has 3 rings (SSSR count). The Morgan fingerprint density at radius 1 is 1.40 bits per heavy atom. The number of hydrogen-bond acceptors (Lipinski definition) is 4. The first-order valence-electron chi connectivity index (χ1n) is 6.33. The third-order valence-electron chi connectivity index (χ3n) is 3.20. The SMILES string of the molecule is O=C(c1ccc(F)cc1)N1CCC(Oc2nccs2)C1. The molecule has 20 heavy (non-hydrogen) atoms. The third-order valence-corrected chi connectivity index (χ3v) is 3.86. The van der Waals surface area contributed by atoms with E-state index in [0.29, 0.717) is 23.8 Å². The number of nitrogens with zero attached hydrogens (tertiary/aromatic N) is 2. The highest BCUT2D eigenvalue weighted by Crippen LogP contribution is 2.21. The van der Waals surface area contributed by atoms with Gasteiger partial charge in [-0.05, 0) is 24.3 Å². The lowest BCUT2D eigenvalue weighted by Crippen LogP contribution is -2.30. The zero-order chi connectivity index (χ0) is 13.9. The quantitative estimate of drug-likeness (QED) is 0.873. The maximum Gasteiger partial charge on any atom is 0.273 e. The molecule has 1 saturated heterocycles. The number of halogens is 1. The molecule has 1 aromatic heterocycles. The molecule has 0 radical (unpaired) electrons. The Bertz CT molecular complexity index is 586. The van der Waals surface area contributed by atoms with Crippen LogP contribution in [0.1, 0.15) is 16.8 Å². The molecule has 0 spiro atoms. The van der Waals surface area contributed by atoms with Crippen molar-refractivity contribution in [2.75, 3.05) is 13.1 Å². The van der Waals surface area contributed by atoms with Crippen LogP contribution in [-0.2, 0) is 0 Å². The monoisotopic (exact) mass is 292 g/mol. The molecule has 1 fully saturated rings. The highest BCUT2D eigenvalue weighted by molar-refractivity contribution is 7.11. The summed E-state index contributed by atoms with van der Waals surface area (Å²) in [6, 6.07) is 5.61. The van der Waals surface area contributed by atoms with Gasteiger partial charge >= 0.3 is 0 Å². The molecule has 4 nitrogen and oxygen atoms in total. The first kappa shape index (κ1) is 13.1. The van der Waals surface area contributed by atoms with Crippen LogP contribution in [0.2, 0.25) is 0 Å². The van der Waals surface area contributed by atoms with E-state index in [-0.39, 0.29) is 17.8 Å². The van der Waals surface area contributed by atoms with E-state index in [1.165, 1.54) is 35.6 Å². The number of carbonyl (C=O) groups excluding carboxylic acids is 1. The summed E-state index contributed by atoms with van der Waals surface area (Å²) in [5, 5.41) is 2.48. The number of carbonyl (C=O) groups is 1. The van der Waals surface area contributed by atoms with E-state index in [9.17, 15) is 9.18 Å². The Balaban J connectivity index is 1.62. The molecule has 2 heterocycles. The molecule has 1 atom stereocenters. The number of hydrogen-bond donors (Lipinski definition) is 0. The van der Waals surface area contributed by atoms with E-state index in [1.54, 1.807) is 11.1 Å². The molecule has 0 saturated carbocycles. The van der Waals surface area contributed by atoms with E-state index in [4.69, 9.17) is 4.74 Å². The fourth-order valence-electron chi connectivity index (χ4n) is 2.20. The Kier molecular flexibility index (Phi) is 3.64. The van der Waals surface area contributed by atoms with Crippen molar-refractivity contribution >= 4 is 17.2 Å². The largest absolute Gasteiger partial charge is 0.465 e. The molecular formula is C14H13FN2O2S. The predicted octanol–water partition coefficient (Wildman–Crippen LogP) is 2.58. The second kappa shape index (κ2) is 5.58. The van der Waals surface area contributed by atoms with Gasteiger partial charge in [-0.25, -0.2) is 9.37 Å². The molecule has 1 amide bonds. The standard InChI is InChI=1S/C14H13FN2O2S/c15-11-3-1-10(2-4-11)13(18)17-7-5-12(9-17)19-14-16-6-8-20-14/h1-4,6,8,12H,5,7,9H2. The Morgan fingerprint density at radius 2 is 2.20 bits per heavy atom. The fraction of sp³-hybridized carbons (Fsp3) is 0.286. The number of amides is 1. The molecule has 1 aromatic carbocycles. The summed E-state index contributed by atoms with van der Waals surface area (Å²) in [7, 11) is 0. The molecule has 0 N–H and O–H groups in total. The van der Waals surface area contributed by atoms with Crippen LogP contribution in [0.5, 0.6) is 5.19 Å². The maximum atomic E-state index is 12.9. The van der Waals surface area contributed by atoms with Gasteiger partial charge in [-0.2, -0.15) is 0 Å². The average Bonchev–Trinajstić information content (AvgIpc) is 3.11. The van der Waals surface area contributed by atoms with Gasteiger partial charge in [-0.1, -0.05) is 11.3 Å². The van der Waals surface area contributed by atoms with Crippen molar-refractivity contribution in [1.29, 1.82) is 0 Å². The normalized spacial score (nSPS) is 18.2. The van der Waals surface area contributed by atoms with E-state index in [1.807, 2.05) is 5.38 Å². The number of thiazole rings is 1. The van der Waals surface area contributed by atoms with Crippen molar-refractivity contribution < 1.29 is 13.9 Å². The molecule has 2 aromatic rings. The lowest BCUT2D eigenvalue weighted by atomic mass is 10.2. The van der Waals surface area contributed by atoms with Crippen LogP contribution in [0.15, 0.2) is 35.8 Å². The van der Waals surface area contributed by atoms with Crippen molar-refractivity contribution in [2.45, 2.75) is 12.5 Å². The molecule has 1 aliphatic rings. The minimum absolute atomic E-state index is 0.0226. The number of rotatable bonds is 3. The second-order valence-corrected chi connectivity index (χ2v) is 5.44. The van der Waals surface area contributed by atoms with E-state index < -0.39 is 0 Å². The van der Waals surface area contributed by atoms with Crippen LogP contribution >= 0.6 is 11.3 Å². The van der Waals surface area contributed by atoms with Crippen LogP contribution in [0.4, 0.5) is 4.39 Å². The van der Waals surface area contributed by atoms with Gasteiger partial charge in [0.25, 0.3) is 11.1 Å². The van der Waals surface area contributed by atoms with Gasteiger partial charge in [-0.15, -0.1) is 0 Å². The summed E-state index contributed by atoms with van der Waals surface area (Å²) in [4.78, 5) is 18.0. The van der Waals surface area contributed by atoms with Gasteiger partial charge in [-0.3, -0.25) is 4.79 Å². The molecule has 0 aliphatic carbocycles. The van der Waals surface area contributed by atoms with Crippen LogP contribution in [-0.4, -0.2) is 35.0 Å². The summed E-state index contributed by atoms with van der Waals surface area (Å²) in [5.74, 6) is -0.428. The third kappa shape index (κ3) is 2.80. The van der Waals surface area contributed by atoms with Gasteiger partial charge in [0, 0.05) is 30.1 Å². The molecule has 1 unspecified atom stereocenters. The van der Waals surface area contributed by atoms with E-state index >= 15 is 0 Å². The van der Waals surface area contributed by atoms with Crippen LogP contribution in [0, 0.1) is 5.82 Å². The lowest BCUT2D eigenvalue weighted by Gasteiger charge is -2.16. The summed E-state index contributed by atoms with van der Waals surface area (Å²) >= 11 is 1.44. The molecular weight excluding hydrogens is 279 g/mol. The first-order valence-corrected chi connectivity index (χ1v) is 7.21.